The van der Waals surface area contributed by atoms with E-state index in [0.29, 0.717) is 6.54 Å². The Balaban J connectivity index is 2.38. The van der Waals surface area contributed by atoms with E-state index in [1.807, 2.05) is 19.1 Å². The topological polar surface area (TPSA) is 51.2 Å². The molecule has 4 heteroatoms. The van der Waals surface area contributed by atoms with Crippen LogP contribution in [-0.2, 0) is 16.1 Å². The Morgan fingerprint density at radius 1 is 1.57 bits per heavy atom. The van der Waals surface area contributed by atoms with Crippen LogP contribution in [0.3, 0.4) is 0 Å². The summed E-state index contributed by atoms with van der Waals surface area (Å²) in [6, 6.07) is 3.85. The van der Waals surface area contributed by atoms with Gasteiger partial charge in [0.25, 0.3) is 0 Å². The van der Waals surface area contributed by atoms with Gasteiger partial charge in [0.2, 0.25) is 5.91 Å². The standard InChI is InChI=1S/C10H14N2O2/c1-8-3-4-9(5-11-8)6-12-10(13)7-14-2/h3-5H,6-7H2,1-2H3,(H,12,13). The monoisotopic (exact) mass is 194 g/mol. The predicted octanol–water partition coefficient (Wildman–Crippen LogP) is 0.653. The van der Waals surface area contributed by atoms with Gasteiger partial charge in [0.15, 0.2) is 0 Å². The fourth-order valence-electron chi connectivity index (χ4n) is 0.986. The molecule has 0 fully saturated rings. The maximum atomic E-state index is 11.0. The first-order valence-electron chi connectivity index (χ1n) is 4.39. The summed E-state index contributed by atoms with van der Waals surface area (Å²) in [5.41, 5.74) is 1.96. The normalized spacial score (nSPS) is 9.86. The molecule has 0 atom stereocenters. The van der Waals surface area contributed by atoms with Gasteiger partial charge >= 0.3 is 0 Å². The molecule has 14 heavy (non-hydrogen) atoms. The van der Waals surface area contributed by atoms with Gasteiger partial charge in [-0.15, -0.1) is 0 Å². The molecule has 76 valence electrons. The molecule has 0 aromatic carbocycles. The largest absolute Gasteiger partial charge is 0.375 e. The summed E-state index contributed by atoms with van der Waals surface area (Å²) < 4.78 is 4.68. The molecular formula is C10H14N2O2. The first-order valence-corrected chi connectivity index (χ1v) is 4.39. The third-order valence-electron chi connectivity index (χ3n) is 1.74. The first kappa shape index (κ1) is 10.7. The minimum absolute atomic E-state index is 0.0965. The van der Waals surface area contributed by atoms with Crippen molar-refractivity contribution in [2.45, 2.75) is 13.5 Å². The summed E-state index contributed by atoms with van der Waals surface area (Å²) in [4.78, 5) is 15.1. The van der Waals surface area contributed by atoms with Gasteiger partial charge in [-0.3, -0.25) is 9.78 Å². The van der Waals surface area contributed by atoms with Crippen LogP contribution in [0.1, 0.15) is 11.3 Å². The van der Waals surface area contributed by atoms with Gasteiger partial charge in [0, 0.05) is 25.5 Å². The molecule has 1 rings (SSSR count). The average molecular weight is 194 g/mol. The van der Waals surface area contributed by atoms with Crippen LogP contribution < -0.4 is 5.32 Å². The van der Waals surface area contributed by atoms with E-state index in [1.54, 1.807) is 6.20 Å². The summed E-state index contributed by atoms with van der Waals surface area (Å²) in [6.45, 7) is 2.52. The van der Waals surface area contributed by atoms with Gasteiger partial charge in [-0.05, 0) is 18.6 Å². The number of aryl methyl sites for hydroxylation is 1. The molecule has 0 spiro atoms. The lowest BCUT2D eigenvalue weighted by atomic mass is 10.2. The zero-order valence-corrected chi connectivity index (χ0v) is 8.41. The maximum absolute atomic E-state index is 11.0. The Hall–Kier alpha value is -1.42. The Kier molecular flexibility index (Phi) is 4.07. The lowest BCUT2D eigenvalue weighted by Crippen LogP contribution is -2.26. The number of hydrogen-bond acceptors (Lipinski definition) is 3. The lowest BCUT2D eigenvalue weighted by molar-refractivity contribution is -0.124. The summed E-state index contributed by atoms with van der Waals surface area (Å²) in [5.74, 6) is -0.118. The molecular weight excluding hydrogens is 180 g/mol. The smallest absolute Gasteiger partial charge is 0.246 e. The Morgan fingerprint density at radius 2 is 2.36 bits per heavy atom. The molecule has 0 radical (unpaired) electrons. The number of amides is 1. The number of methoxy groups -OCH3 is 1. The molecule has 0 aliphatic heterocycles. The second-order valence-corrected chi connectivity index (χ2v) is 3.02. The minimum atomic E-state index is -0.118. The van der Waals surface area contributed by atoms with E-state index in [2.05, 4.69) is 15.0 Å². The third kappa shape index (κ3) is 3.53. The van der Waals surface area contributed by atoms with Crippen LogP contribution >= 0.6 is 0 Å². The predicted molar refractivity (Wildman–Crippen MR) is 52.7 cm³/mol. The Morgan fingerprint density at radius 3 is 2.93 bits per heavy atom. The molecule has 1 aromatic rings. The van der Waals surface area contributed by atoms with Crippen molar-refractivity contribution in [3.05, 3.63) is 29.6 Å². The number of nitrogens with one attached hydrogen (secondary N) is 1. The molecule has 1 heterocycles. The Bertz CT molecular complexity index is 295. The highest BCUT2D eigenvalue weighted by Crippen LogP contribution is 1.98. The van der Waals surface area contributed by atoms with Crippen LogP contribution in [0.4, 0.5) is 0 Å². The van der Waals surface area contributed by atoms with E-state index in [-0.39, 0.29) is 12.5 Å². The van der Waals surface area contributed by atoms with Crippen molar-refractivity contribution in [2.24, 2.45) is 0 Å². The molecule has 4 nitrogen and oxygen atoms in total. The van der Waals surface area contributed by atoms with Crippen LogP contribution in [0.2, 0.25) is 0 Å². The van der Waals surface area contributed by atoms with Crippen molar-refractivity contribution in [1.82, 2.24) is 10.3 Å². The number of nitrogens with zero attached hydrogens (tertiary/aromatic N) is 1. The van der Waals surface area contributed by atoms with Gasteiger partial charge in [0.05, 0.1) is 0 Å². The molecule has 1 amide bonds. The SMILES string of the molecule is COCC(=O)NCc1ccc(C)nc1. The molecule has 0 aliphatic carbocycles. The average Bonchev–Trinajstić information content (AvgIpc) is 2.17. The Labute approximate surface area is 83.3 Å². The molecule has 0 bridgehead atoms. The van der Waals surface area contributed by atoms with Crippen LogP contribution in [-0.4, -0.2) is 24.6 Å². The molecule has 0 aliphatic rings. The molecule has 1 N–H and O–H groups in total. The summed E-state index contributed by atoms with van der Waals surface area (Å²) in [6.07, 6.45) is 1.75. The summed E-state index contributed by atoms with van der Waals surface area (Å²) in [7, 11) is 1.49. The highest BCUT2D eigenvalue weighted by molar-refractivity contribution is 5.77. The van der Waals surface area contributed by atoms with E-state index in [9.17, 15) is 4.79 Å². The lowest BCUT2D eigenvalue weighted by Gasteiger charge is -2.04. The summed E-state index contributed by atoms with van der Waals surface area (Å²) in [5, 5.41) is 2.72. The van der Waals surface area contributed by atoms with Crippen molar-refractivity contribution in [1.29, 1.82) is 0 Å². The number of aromatic nitrogens is 1. The maximum Gasteiger partial charge on any atom is 0.246 e. The van der Waals surface area contributed by atoms with Gasteiger partial charge in [-0.25, -0.2) is 0 Å². The number of carbonyl (C=O) groups excluding carboxylic acids is 1. The molecule has 0 saturated carbocycles. The van der Waals surface area contributed by atoms with Gasteiger partial charge in [-0.2, -0.15) is 0 Å². The van der Waals surface area contributed by atoms with Gasteiger partial charge < -0.3 is 10.1 Å². The minimum Gasteiger partial charge on any atom is -0.375 e. The van der Waals surface area contributed by atoms with E-state index >= 15 is 0 Å². The van der Waals surface area contributed by atoms with Crippen molar-refractivity contribution in [2.75, 3.05) is 13.7 Å². The molecule has 1 aromatic heterocycles. The van der Waals surface area contributed by atoms with Crippen LogP contribution in [0.5, 0.6) is 0 Å². The quantitative estimate of drug-likeness (QED) is 0.765. The number of hydrogen-bond donors (Lipinski definition) is 1. The zero-order chi connectivity index (χ0) is 10.4. The number of ether oxygens (including phenoxy) is 1. The second kappa shape index (κ2) is 5.34. The van der Waals surface area contributed by atoms with Crippen LogP contribution in [0, 0.1) is 6.92 Å². The van der Waals surface area contributed by atoms with Crippen LogP contribution in [0.25, 0.3) is 0 Å². The fraction of sp³-hybridized carbons (Fsp3) is 0.400. The van der Waals surface area contributed by atoms with Crippen molar-refractivity contribution < 1.29 is 9.53 Å². The van der Waals surface area contributed by atoms with E-state index in [0.717, 1.165) is 11.3 Å². The molecule has 0 saturated heterocycles. The first-order chi connectivity index (χ1) is 6.72. The van der Waals surface area contributed by atoms with Crippen molar-refractivity contribution >= 4 is 5.91 Å². The van der Waals surface area contributed by atoms with E-state index < -0.39 is 0 Å². The summed E-state index contributed by atoms with van der Waals surface area (Å²) >= 11 is 0. The zero-order valence-electron chi connectivity index (χ0n) is 8.41. The van der Waals surface area contributed by atoms with Crippen molar-refractivity contribution in [3.63, 3.8) is 0 Å². The number of pyridine rings is 1. The van der Waals surface area contributed by atoms with Crippen LogP contribution in [0.15, 0.2) is 18.3 Å². The number of rotatable bonds is 4. The fourth-order valence-corrected chi connectivity index (χ4v) is 0.986. The van der Waals surface area contributed by atoms with Gasteiger partial charge in [-0.1, -0.05) is 6.07 Å². The van der Waals surface area contributed by atoms with E-state index in [1.165, 1.54) is 7.11 Å². The highest BCUT2D eigenvalue weighted by Gasteiger charge is 1.99. The van der Waals surface area contributed by atoms with Crippen molar-refractivity contribution in [3.8, 4) is 0 Å². The number of carbonyl (C=O) groups is 1. The highest BCUT2D eigenvalue weighted by atomic mass is 16.5. The third-order valence-corrected chi connectivity index (χ3v) is 1.74. The van der Waals surface area contributed by atoms with E-state index in [4.69, 9.17) is 0 Å². The van der Waals surface area contributed by atoms with Gasteiger partial charge in [0.1, 0.15) is 6.61 Å². The molecule has 0 unspecified atom stereocenters. The second-order valence-electron chi connectivity index (χ2n) is 3.02.